The Morgan fingerprint density at radius 1 is 0.692 bits per heavy atom. The zero-order valence-corrected chi connectivity index (χ0v) is 16.1. The molecule has 2 rings (SSSR count). The van der Waals surface area contributed by atoms with Crippen LogP contribution in [0.15, 0.2) is 72.8 Å². The molecule has 3 heteroatoms. The lowest BCUT2D eigenvalue weighted by atomic mass is 9.92. The zero-order valence-electron chi connectivity index (χ0n) is 16.1. The summed E-state index contributed by atoms with van der Waals surface area (Å²) in [5.74, 6) is 0.0612. The van der Waals surface area contributed by atoms with Crippen LogP contribution < -0.4 is 0 Å². The Morgan fingerprint density at radius 2 is 1.04 bits per heavy atom. The molecule has 26 heavy (non-hydrogen) atoms. The quantitative estimate of drug-likeness (QED) is 0.677. The van der Waals surface area contributed by atoms with Crippen LogP contribution in [0, 0.1) is 0 Å². The van der Waals surface area contributed by atoms with Gasteiger partial charge in [-0.1, -0.05) is 72.8 Å². The first-order valence-electron chi connectivity index (χ1n) is 8.84. The van der Waals surface area contributed by atoms with Gasteiger partial charge in [0.2, 0.25) is 0 Å². The fourth-order valence-electron chi connectivity index (χ4n) is 2.61. The van der Waals surface area contributed by atoms with E-state index in [1.807, 2.05) is 101 Å². The van der Waals surface area contributed by atoms with Crippen LogP contribution in [0.3, 0.4) is 0 Å². The summed E-state index contributed by atoms with van der Waals surface area (Å²) in [7, 11) is 8.01. The van der Waals surface area contributed by atoms with Crippen LogP contribution in [-0.4, -0.2) is 56.9 Å². The average Bonchev–Trinajstić information content (AvgIpc) is 2.63. The van der Waals surface area contributed by atoms with Crippen LogP contribution in [0.4, 0.5) is 0 Å². The standard InChI is InChI=1S/C23H28N2O/c1-24(2)17-15-21(19-11-7-5-8-12-19)23(26)22(16-18-25(3)4)20-13-9-6-10-14-20/h5-16H,17-18H2,1-4H3. The molecule has 2 aromatic carbocycles. The highest BCUT2D eigenvalue weighted by molar-refractivity contribution is 6.42. The highest BCUT2D eigenvalue weighted by Gasteiger charge is 2.18. The van der Waals surface area contributed by atoms with Crippen molar-refractivity contribution in [1.82, 2.24) is 9.80 Å². The molecule has 0 saturated carbocycles. The molecule has 0 bridgehead atoms. The Kier molecular flexibility index (Phi) is 7.52. The monoisotopic (exact) mass is 348 g/mol. The van der Waals surface area contributed by atoms with Crippen molar-refractivity contribution in [3.05, 3.63) is 83.9 Å². The molecular formula is C23H28N2O. The van der Waals surface area contributed by atoms with Crippen molar-refractivity contribution in [2.75, 3.05) is 41.3 Å². The molecule has 0 saturated heterocycles. The minimum atomic E-state index is 0.0612. The highest BCUT2D eigenvalue weighted by atomic mass is 16.1. The third-order valence-corrected chi connectivity index (χ3v) is 3.98. The number of carbonyl (C=O) groups excluding carboxylic acids is 1. The third-order valence-electron chi connectivity index (χ3n) is 3.98. The van der Waals surface area contributed by atoms with Gasteiger partial charge in [0.15, 0.2) is 5.78 Å². The molecule has 0 aliphatic rings. The number of nitrogens with zero attached hydrogens (tertiary/aromatic N) is 2. The first-order chi connectivity index (χ1) is 12.5. The maximum Gasteiger partial charge on any atom is 0.193 e. The summed E-state index contributed by atoms with van der Waals surface area (Å²) in [5.41, 5.74) is 3.39. The van der Waals surface area contributed by atoms with Crippen molar-refractivity contribution in [2.24, 2.45) is 0 Å². The van der Waals surface area contributed by atoms with Gasteiger partial charge in [0.1, 0.15) is 0 Å². The molecule has 0 aromatic heterocycles. The van der Waals surface area contributed by atoms with Crippen molar-refractivity contribution < 1.29 is 4.79 Å². The van der Waals surface area contributed by atoms with E-state index in [4.69, 9.17) is 0 Å². The molecule has 0 N–H and O–H groups in total. The summed E-state index contributed by atoms with van der Waals surface area (Å²) in [6.07, 6.45) is 4.04. The largest absolute Gasteiger partial charge is 0.306 e. The minimum Gasteiger partial charge on any atom is -0.306 e. The van der Waals surface area contributed by atoms with E-state index in [-0.39, 0.29) is 5.78 Å². The van der Waals surface area contributed by atoms with Gasteiger partial charge >= 0.3 is 0 Å². The average molecular weight is 348 g/mol. The van der Waals surface area contributed by atoms with E-state index >= 15 is 0 Å². The zero-order chi connectivity index (χ0) is 18.9. The van der Waals surface area contributed by atoms with Crippen LogP contribution in [-0.2, 0) is 4.79 Å². The molecule has 0 aliphatic carbocycles. The molecule has 0 radical (unpaired) electrons. The van der Waals surface area contributed by atoms with Crippen LogP contribution in [0.25, 0.3) is 11.1 Å². The van der Waals surface area contributed by atoms with Crippen molar-refractivity contribution in [1.29, 1.82) is 0 Å². The van der Waals surface area contributed by atoms with E-state index < -0.39 is 0 Å². The van der Waals surface area contributed by atoms with Gasteiger partial charge in [0.05, 0.1) is 0 Å². The summed E-state index contributed by atoms with van der Waals surface area (Å²) in [6, 6.07) is 19.8. The molecule has 0 fully saturated rings. The van der Waals surface area contributed by atoms with E-state index in [1.165, 1.54) is 0 Å². The SMILES string of the molecule is CN(C)CC=C(C(=O)C(=CCN(C)C)c1ccccc1)c1ccccc1. The molecule has 0 spiro atoms. The lowest BCUT2D eigenvalue weighted by Crippen LogP contribution is -2.15. The molecule has 0 heterocycles. The molecule has 0 aliphatic heterocycles. The molecule has 0 unspecified atom stereocenters. The normalized spacial score (nSPS) is 12.7. The second-order valence-corrected chi connectivity index (χ2v) is 6.82. The highest BCUT2D eigenvalue weighted by Crippen LogP contribution is 2.25. The number of allylic oxidation sites excluding steroid dienone is 2. The van der Waals surface area contributed by atoms with Crippen molar-refractivity contribution in [3.63, 3.8) is 0 Å². The number of likely N-dealkylation sites (N-methyl/N-ethyl adjacent to an activating group) is 2. The minimum absolute atomic E-state index is 0.0612. The summed E-state index contributed by atoms with van der Waals surface area (Å²) < 4.78 is 0. The Bertz CT molecular complexity index is 694. The number of hydrogen-bond acceptors (Lipinski definition) is 3. The summed E-state index contributed by atoms with van der Waals surface area (Å²) >= 11 is 0. The van der Waals surface area contributed by atoms with E-state index in [1.54, 1.807) is 0 Å². The van der Waals surface area contributed by atoms with Gasteiger partial charge < -0.3 is 9.80 Å². The van der Waals surface area contributed by atoms with E-state index in [2.05, 4.69) is 9.80 Å². The molecule has 3 nitrogen and oxygen atoms in total. The molecule has 2 aromatic rings. The van der Waals surface area contributed by atoms with Gasteiger partial charge in [0, 0.05) is 24.2 Å². The topological polar surface area (TPSA) is 23.6 Å². The number of carbonyl (C=O) groups is 1. The number of ketones is 1. The van der Waals surface area contributed by atoms with Crippen molar-refractivity contribution in [2.45, 2.75) is 0 Å². The first-order valence-corrected chi connectivity index (χ1v) is 8.84. The van der Waals surface area contributed by atoms with Gasteiger partial charge in [-0.3, -0.25) is 4.79 Å². The number of benzene rings is 2. The van der Waals surface area contributed by atoms with E-state index in [9.17, 15) is 4.79 Å². The molecule has 0 atom stereocenters. The van der Waals surface area contributed by atoms with Crippen LogP contribution in [0.5, 0.6) is 0 Å². The lowest BCUT2D eigenvalue weighted by Gasteiger charge is -2.14. The van der Waals surface area contributed by atoms with Crippen molar-refractivity contribution in [3.8, 4) is 0 Å². The van der Waals surface area contributed by atoms with Gasteiger partial charge in [-0.05, 0) is 39.3 Å². The Morgan fingerprint density at radius 3 is 1.35 bits per heavy atom. The molecule has 136 valence electrons. The van der Waals surface area contributed by atoms with Crippen LogP contribution in [0.2, 0.25) is 0 Å². The number of rotatable bonds is 8. The fraction of sp³-hybridized carbons (Fsp3) is 0.261. The fourth-order valence-corrected chi connectivity index (χ4v) is 2.61. The predicted molar refractivity (Wildman–Crippen MR) is 111 cm³/mol. The number of Topliss-reactive ketones (excluding diaryl/α,β-unsaturated/α-hetero) is 1. The van der Waals surface area contributed by atoms with Gasteiger partial charge in [-0.15, -0.1) is 0 Å². The van der Waals surface area contributed by atoms with Crippen LogP contribution >= 0.6 is 0 Å². The summed E-state index contributed by atoms with van der Waals surface area (Å²) in [5, 5.41) is 0. The molecule has 0 amide bonds. The van der Waals surface area contributed by atoms with Crippen molar-refractivity contribution >= 4 is 16.9 Å². The molecular weight excluding hydrogens is 320 g/mol. The number of hydrogen-bond donors (Lipinski definition) is 0. The summed E-state index contributed by atoms with van der Waals surface area (Å²) in [4.78, 5) is 17.6. The second-order valence-electron chi connectivity index (χ2n) is 6.82. The Labute approximate surface area is 157 Å². The second kappa shape index (κ2) is 9.85. The van der Waals surface area contributed by atoms with Gasteiger partial charge in [-0.25, -0.2) is 0 Å². The first kappa shape index (κ1) is 19.8. The van der Waals surface area contributed by atoms with E-state index in [0.717, 1.165) is 22.3 Å². The van der Waals surface area contributed by atoms with Gasteiger partial charge in [0.25, 0.3) is 0 Å². The Balaban J connectivity index is 2.48. The lowest BCUT2D eigenvalue weighted by molar-refractivity contribution is -0.108. The maximum atomic E-state index is 13.5. The van der Waals surface area contributed by atoms with Gasteiger partial charge in [-0.2, -0.15) is 0 Å². The summed E-state index contributed by atoms with van der Waals surface area (Å²) in [6.45, 7) is 1.43. The third kappa shape index (κ3) is 5.80. The predicted octanol–water partition coefficient (Wildman–Crippen LogP) is 3.85. The van der Waals surface area contributed by atoms with Crippen LogP contribution in [0.1, 0.15) is 11.1 Å². The smallest absolute Gasteiger partial charge is 0.193 e. The maximum absolute atomic E-state index is 13.5. The van der Waals surface area contributed by atoms with E-state index in [0.29, 0.717) is 13.1 Å². The Hall–Kier alpha value is -2.49.